The summed E-state index contributed by atoms with van der Waals surface area (Å²) in [4.78, 5) is 2.24. The molecule has 9 aromatic rings. The van der Waals surface area contributed by atoms with Crippen molar-refractivity contribution in [1.82, 2.24) is 0 Å². The summed E-state index contributed by atoms with van der Waals surface area (Å²) < 4.78 is 6.32. The molecule has 0 N–H and O–H groups in total. The predicted molar refractivity (Wildman–Crippen MR) is 216 cm³/mol. The second-order valence-corrected chi connectivity index (χ2v) is 13.7. The zero-order valence-corrected chi connectivity index (χ0v) is 28.8. The molecule has 0 bridgehead atoms. The molecule has 0 spiro atoms. The van der Waals surface area contributed by atoms with Gasteiger partial charge in [0, 0.05) is 34.8 Å². The van der Waals surface area contributed by atoms with E-state index in [1.165, 1.54) is 44.5 Å². The Hall–Kier alpha value is -6.64. The van der Waals surface area contributed by atoms with E-state index in [1.54, 1.807) is 0 Å². The Kier molecular flexibility index (Phi) is 6.97. The third-order valence-electron chi connectivity index (χ3n) is 11.0. The average Bonchev–Trinajstić information content (AvgIpc) is 3.75. The molecule has 1 heterocycles. The number of para-hydroxylation sites is 2. The molecule has 0 aliphatic heterocycles. The molecule has 0 amide bonds. The first-order valence-corrected chi connectivity index (χ1v) is 17.9. The van der Waals surface area contributed by atoms with E-state index in [1.807, 2.05) is 12.1 Å². The Morgan fingerprint density at radius 2 is 0.942 bits per heavy atom. The first-order valence-electron chi connectivity index (χ1n) is 17.9. The fourth-order valence-corrected chi connectivity index (χ4v) is 8.49. The Labute approximate surface area is 303 Å². The van der Waals surface area contributed by atoms with Crippen molar-refractivity contribution >= 4 is 33.3 Å². The molecule has 10 rings (SSSR count). The normalized spacial score (nSPS) is 12.9. The molecule has 1 aromatic heterocycles. The minimum Gasteiger partial charge on any atom is -0.455 e. The zero-order chi connectivity index (χ0) is 34.6. The molecule has 0 saturated carbocycles. The molecular weight excluding hydrogens is 631 g/mol. The van der Waals surface area contributed by atoms with Gasteiger partial charge in [-0.1, -0.05) is 158 Å². The van der Waals surface area contributed by atoms with Gasteiger partial charge < -0.3 is 9.32 Å². The van der Waals surface area contributed by atoms with E-state index in [4.69, 9.17) is 4.42 Å². The molecule has 0 fully saturated rings. The van der Waals surface area contributed by atoms with Crippen LogP contribution in [0, 0.1) is 0 Å². The van der Waals surface area contributed by atoms with Crippen molar-refractivity contribution in [3.63, 3.8) is 0 Å². The van der Waals surface area contributed by atoms with E-state index in [0.717, 1.165) is 44.4 Å². The summed E-state index contributed by atoms with van der Waals surface area (Å²) >= 11 is 0. The Balaban J connectivity index is 0.991. The lowest BCUT2D eigenvalue weighted by Crippen LogP contribution is -2.28. The highest BCUT2D eigenvalue weighted by molar-refractivity contribution is 6.09. The van der Waals surface area contributed by atoms with E-state index in [9.17, 15) is 0 Å². The van der Waals surface area contributed by atoms with E-state index < -0.39 is 5.41 Å². The van der Waals surface area contributed by atoms with Gasteiger partial charge in [-0.15, -0.1) is 0 Å². The molecule has 246 valence electrons. The fourth-order valence-electron chi connectivity index (χ4n) is 8.49. The summed E-state index contributed by atoms with van der Waals surface area (Å²) in [5.41, 5.74) is 16.1. The molecule has 52 heavy (non-hydrogen) atoms. The van der Waals surface area contributed by atoms with Crippen molar-refractivity contribution in [3.8, 4) is 33.4 Å². The van der Waals surface area contributed by atoms with E-state index in [0.29, 0.717) is 0 Å². The number of hydrogen-bond donors (Lipinski definition) is 0. The van der Waals surface area contributed by atoms with Crippen LogP contribution in [0.1, 0.15) is 22.3 Å². The Morgan fingerprint density at radius 3 is 1.65 bits per heavy atom. The summed E-state index contributed by atoms with van der Waals surface area (Å²) in [6.45, 7) is 0. The third-order valence-corrected chi connectivity index (χ3v) is 11.0. The van der Waals surface area contributed by atoms with Gasteiger partial charge in [-0.2, -0.15) is 0 Å². The maximum absolute atomic E-state index is 6.32. The number of benzene rings is 8. The van der Waals surface area contributed by atoms with Crippen LogP contribution < -0.4 is 4.90 Å². The number of anilines is 2. The second-order valence-electron chi connectivity index (χ2n) is 13.7. The van der Waals surface area contributed by atoms with Gasteiger partial charge in [-0.3, -0.25) is 0 Å². The van der Waals surface area contributed by atoms with Crippen LogP contribution in [-0.2, 0) is 5.41 Å². The molecule has 2 nitrogen and oxygen atoms in total. The van der Waals surface area contributed by atoms with Crippen molar-refractivity contribution in [2.45, 2.75) is 5.41 Å². The first kappa shape index (κ1) is 30.2. The maximum Gasteiger partial charge on any atom is 0.143 e. The molecule has 0 atom stereocenters. The number of nitrogens with zero attached hydrogens (tertiary/aromatic N) is 1. The van der Waals surface area contributed by atoms with Crippen molar-refractivity contribution in [3.05, 3.63) is 216 Å². The third kappa shape index (κ3) is 4.58. The quantitative estimate of drug-likeness (QED) is 0.176. The smallest absolute Gasteiger partial charge is 0.143 e. The van der Waals surface area contributed by atoms with Crippen molar-refractivity contribution in [2.75, 3.05) is 11.9 Å². The minimum atomic E-state index is -0.410. The van der Waals surface area contributed by atoms with Gasteiger partial charge in [0.05, 0.1) is 5.41 Å². The lowest BCUT2D eigenvalue weighted by molar-refractivity contribution is 0.670. The van der Waals surface area contributed by atoms with Crippen LogP contribution in [0.15, 0.2) is 199 Å². The molecule has 8 aromatic carbocycles. The minimum absolute atomic E-state index is 0.410. The van der Waals surface area contributed by atoms with Gasteiger partial charge in [-0.25, -0.2) is 0 Å². The molecule has 1 aliphatic carbocycles. The zero-order valence-electron chi connectivity index (χ0n) is 28.8. The highest BCUT2D eigenvalue weighted by Crippen LogP contribution is 2.56. The van der Waals surface area contributed by atoms with E-state index in [2.05, 4.69) is 194 Å². The number of furan rings is 1. The van der Waals surface area contributed by atoms with Crippen LogP contribution in [0.2, 0.25) is 0 Å². The van der Waals surface area contributed by atoms with Crippen molar-refractivity contribution in [1.29, 1.82) is 0 Å². The van der Waals surface area contributed by atoms with Crippen molar-refractivity contribution in [2.24, 2.45) is 0 Å². The van der Waals surface area contributed by atoms with Gasteiger partial charge in [-0.05, 0) is 86.5 Å². The Morgan fingerprint density at radius 1 is 0.404 bits per heavy atom. The number of hydrogen-bond acceptors (Lipinski definition) is 2. The largest absolute Gasteiger partial charge is 0.455 e. The number of fused-ring (bicyclic) bond motifs is 6. The van der Waals surface area contributed by atoms with Crippen LogP contribution in [0.5, 0.6) is 0 Å². The summed E-state index contributed by atoms with van der Waals surface area (Å²) in [5, 5.41) is 2.30. The predicted octanol–water partition coefficient (Wildman–Crippen LogP) is 13.1. The van der Waals surface area contributed by atoms with Gasteiger partial charge in [0.2, 0.25) is 0 Å². The monoisotopic (exact) mass is 665 g/mol. The topological polar surface area (TPSA) is 16.4 Å². The average molecular weight is 666 g/mol. The van der Waals surface area contributed by atoms with Crippen molar-refractivity contribution < 1.29 is 4.42 Å². The van der Waals surface area contributed by atoms with Crippen LogP contribution in [0.4, 0.5) is 11.4 Å². The standard InChI is InChI=1S/C50H35NO/c1-51(40-30-25-35(26-31-40)41-19-12-20-45-44-18-9-11-22-48(44)52-49(41)45)39-28-23-34(24-29-39)36-27-32-43-42-17-8-10-21-46(42)50(47(43)33-36,37-13-4-2-5-14-37)38-15-6-3-7-16-38/h2-33H,1H3. The molecule has 0 saturated heterocycles. The summed E-state index contributed by atoms with van der Waals surface area (Å²) in [6.07, 6.45) is 0. The van der Waals surface area contributed by atoms with Crippen LogP contribution >= 0.6 is 0 Å². The number of rotatable bonds is 6. The Bertz CT molecular complexity index is 2690. The molecule has 1 aliphatic rings. The van der Waals surface area contributed by atoms with E-state index >= 15 is 0 Å². The van der Waals surface area contributed by atoms with Crippen LogP contribution in [0.3, 0.4) is 0 Å². The van der Waals surface area contributed by atoms with Gasteiger partial charge >= 0.3 is 0 Å². The summed E-state index contributed by atoms with van der Waals surface area (Å²) in [6, 6.07) is 70.3. The van der Waals surface area contributed by atoms with Crippen LogP contribution in [-0.4, -0.2) is 7.05 Å². The first-order chi connectivity index (χ1) is 25.7. The highest BCUT2D eigenvalue weighted by Gasteiger charge is 2.46. The highest BCUT2D eigenvalue weighted by atomic mass is 16.3. The lowest BCUT2D eigenvalue weighted by atomic mass is 9.67. The molecule has 2 heteroatoms. The van der Waals surface area contributed by atoms with Crippen LogP contribution in [0.25, 0.3) is 55.3 Å². The SMILES string of the molecule is CN(c1ccc(-c2ccc3c(c2)C(c2ccccc2)(c2ccccc2)c2ccccc2-3)cc1)c1ccc(-c2cccc3c2oc2ccccc23)cc1. The molecule has 0 unspecified atom stereocenters. The van der Waals surface area contributed by atoms with Gasteiger partial charge in [0.1, 0.15) is 11.2 Å². The summed E-state index contributed by atoms with van der Waals surface area (Å²) in [7, 11) is 2.13. The molecular formula is C50H35NO. The fraction of sp³-hybridized carbons (Fsp3) is 0.0400. The second kappa shape index (κ2) is 12.0. The summed E-state index contributed by atoms with van der Waals surface area (Å²) in [5.74, 6) is 0. The van der Waals surface area contributed by atoms with Gasteiger partial charge in [0.25, 0.3) is 0 Å². The lowest BCUT2D eigenvalue weighted by Gasteiger charge is -2.34. The van der Waals surface area contributed by atoms with E-state index in [-0.39, 0.29) is 0 Å². The molecule has 0 radical (unpaired) electrons. The van der Waals surface area contributed by atoms with Gasteiger partial charge in [0.15, 0.2) is 0 Å². The maximum atomic E-state index is 6.32.